The van der Waals surface area contributed by atoms with Gasteiger partial charge in [0.15, 0.2) is 0 Å². The van der Waals surface area contributed by atoms with Crippen molar-refractivity contribution >= 4 is 35.2 Å². The molecule has 0 saturated heterocycles. The second-order valence-corrected chi connectivity index (χ2v) is 12.3. The molecule has 0 atom stereocenters. The van der Waals surface area contributed by atoms with E-state index in [1.807, 2.05) is 18.2 Å². The molecule has 1 aromatic heterocycles. The lowest BCUT2D eigenvalue weighted by Crippen LogP contribution is -2.36. The summed E-state index contributed by atoms with van der Waals surface area (Å²) in [5.74, 6) is 0. The van der Waals surface area contributed by atoms with Crippen LogP contribution >= 0.6 is 22.7 Å². The molecular weight excluding hydrogens is 252 g/mol. The minimum absolute atomic E-state index is 0.219. The van der Waals surface area contributed by atoms with E-state index < -0.39 is 8.07 Å². The first-order chi connectivity index (χ1) is 7.48. The van der Waals surface area contributed by atoms with Crippen molar-refractivity contribution < 1.29 is 0 Å². The van der Waals surface area contributed by atoms with Crippen LogP contribution in [0.15, 0.2) is 35.1 Å². The van der Waals surface area contributed by atoms with Crippen molar-refractivity contribution in [3.8, 4) is 10.4 Å². The van der Waals surface area contributed by atoms with Crippen molar-refractivity contribution in [1.82, 2.24) is 0 Å². The van der Waals surface area contributed by atoms with Crippen molar-refractivity contribution in [1.29, 1.82) is 0 Å². The monoisotopic (exact) mass is 266 g/mol. The normalized spacial score (nSPS) is 11.7. The van der Waals surface area contributed by atoms with Gasteiger partial charge in [-0.25, -0.2) is 0 Å². The van der Waals surface area contributed by atoms with E-state index in [-0.39, 0.29) is 4.06 Å². The molecule has 2 aromatic rings. The highest BCUT2D eigenvalue weighted by Crippen LogP contribution is 2.24. The summed E-state index contributed by atoms with van der Waals surface area (Å²) in [5, 5.41) is 0. The van der Waals surface area contributed by atoms with Crippen LogP contribution in [0.3, 0.4) is 0 Å². The van der Waals surface area contributed by atoms with Crippen molar-refractivity contribution in [3.05, 3.63) is 39.2 Å². The number of benzene rings is 1. The topological polar surface area (TPSA) is 17.1 Å². The van der Waals surface area contributed by atoms with Crippen LogP contribution in [0.25, 0.3) is 10.4 Å². The summed E-state index contributed by atoms with van der Waals surface area (Å²) in [4.78, 5) is 12.8. The Hall–Kier alpha value is -0.713. The second-order valence-electron chi connectivity index (χ2n) is 4.73. The highest BCUT2D eigenvalue weighted by atomic mass is 32.2. The Morgan fingerprint density at radius 2 is 1.62 bits per heavy atom. The third-order valence-electron chi connectivity index (χ3n) is 2.29. The maximum absolute atomic E-state index is 11.6. The smallest absolute Gasteiger partial charge is 0.265 e. The van der Waals surface area contributed by atoms with E-state index >= 15 is 0 Å². The van der Waals surface area contributed by atoms with Gasteiger partial charge in [0.05, 0.1) is 8.07 Å². The van der Waals surface area contributed by atoms with Gasteiger partial charge in [-0.3, -0.25) is 4.79 Å². The molecule has 0 saturated carbocycles. The Bertz CT molecular complexity index is 534. The third-order valence-corrected chi connectivity index (χ3v) is 8.25. The van der Waals surface area contributed by atoms with Crippen molar-refractivity contribution in [3.63, 3.8) is 0 Å². The van der Waals surface area contributed by atoms with Crippen molar-refractivity contribution in [2.24, 2.45) is 0 Å². The Morgan fingerprint density at radius 1 is 1.00 bits per heavy atom. The van der Waals surface area contributed by atoms with Gasteiger partial charge in [0, 0.05) is 9.38 Å². The maximum atomic E-state index is 11.6. The fourth-order valence-electron chi connectivity index (χ4n) is 1.55. The highest BCUT2D eigenvalue weighted by molar-refractivity contribution is 7.38. The van der Waals surface area contributed by atoms with E-state index in [1.54, 1.807) is 0 Å². The standard InChI is InChI=1S/C12H14OS2Si/c1-16(2,3)11-10(14-12(13)15-11)9-7-5-4-6-8-9/h4-8H,1-3H3. The number of hydrogen-bond acceptors (Lipinski definition) is 3. The minimum atomic E-state index is -1.41. The van der Waals surface area contributed by atoms with Gasteiger partial charge in [-0.1, -0.05) is 72.6 Å². The van der Waals surface area contributed by atoms with E-state index in [0.29, 0.717) is 0 Å². The van der Waals surface area contributed by atoms with Crippen molar-refractivity contribution in [2.45, 2.75) is 19.6 Å². The Morgan fingerprint density at radius 3 is 2.19 bits per heavy atom. The zero-order valence-electron chi connectivity index (χ0n) is 9.61. The number of rotatable bonds is 2. The van der Waals surface area contributed by atoms with Crippen LogP contribution in [0.5, 0.6) is 0 Å². The first-order valence-electron chi connectivity index (χ1n) is 5.18. The van der Waals surface area contributed by atoms with Crippen LogP contribution in [0.1, 0.15) is 0 Å². The Kier molecular flexibility index (Phi) is 3.14. The molecule has 0 fully saturated rings. The highest BCUT2D eigenvalue weighted by Gasteiger charge is 2.24. The fourth-order valence-corrected chi connectivity index (χ4v) is 6.98. The van der Waals surface area contributed by atoms with Gasteiger partial charge in [-0.05, 0) is 5.56 Å². The van der Waals surface area contributed by atoms with E-state index in [9.17, 15) is 4.79 Å². The fraction of sp³-hybridized carbons (Fsp3) is 0.250. The van der Waals surface area contributed by atoms with E-state index in [4.69, 9.17) is 0 Å². The molecule has 4 heteroatoms. The lowest BCUT2D eigenvalue weighted by atomic mass is 10.2. The largest absolute Gasteiger partial charge is 0.287 e. The molecule has 2 rings (SSSR count). The summed E-state index contributed by atoms with van der Waals surface area (Å²) in [5.41, 5.74) is 1.18. The summed E-state index contributed by atoms with van der Waals surface area (Å²) in [6.45, 7) is 6.87. The van der Waals surface area contributed by atoms with E-state index in [1.165, 1.54) is 37.6 Å². The molecular formula is C12H14OS2Si. The van der Waals surface area contributed by atoms with Gasteiger partial charge < -0.3 is 0 Å². The zero-order chi connectivity index (χ0) is 11.8. The quantitative estimate of drug-likeness (QED) is 0.762. The molecule has 0 aliphatic carbocycles. The molecule has 16 heavy (non-hydrogen) atoms. The molecule has 0 amide bonds. The summed E-state index contributed by atoms with van der Waals surface area (Å²) in [7, 11) is -1.41. The second kappa shape index (κ2) is 4.28. The maximum Gasteiger partial charge on any atom is 0.287 e. The molecule has 0 spiro atoms. The predicted octanol–water partition coefficient (Wildman–Crippen LogP) is 3.38. The van der Waals surface area contributed by atoms with Crippen LogP contribution in [0, 0.1) is 0 Å². The van der Waals surface area contributed by atoms with Gasteiger partial charge in [0.1, 0.15) is 0 Å². The average molecular weight is 266 g/mol. The summed E-state index contributed by atoms with van der Waals surface area (Å²) < 4.78 is 1.55. The Labute approximate surface area is 104 Å². The SMILES string of the molecule is C[Si](C)(C)c1sc(=O)sc1-c1ccccc1. The van der Waals surface area contributed by atoms with Gasteiger partial charge in [-0.15, -0.1) is 0 Å². The molecule has 0 radical (unpaired) electrons. The summed E-state index contributed by atoms with van der Waals surface area (Å²) >= 11 is 2.83. The number of hydrogen-bond donors (Lipinski definition) is 0. The van der Waals surface area contributed by atoms with Crippen LogP contribution in [0.4, 0.5) is 0 Å². The van der Waals surface area contributed by atoms with Crippen LogP contribution in [-0.2, 0) is 0 Å². The molecule has 0 unspecified atom stereocenters. The van der Waals surface area contributed by atoms with Crippen molar-refractivity contribution in [2.75, 3.05) is 0 Å². The lowest BCUT2D eigenvalue weighted by Gasteiger charge is -2.15. The minimum Gasteiger partial charge on any atom is -0.265 e. The van der Waals surface area contributed by atoms with E-state index in [0.717, 1.165) is 0 Å². The lowest BCUT2D eigenvalue weighted by molar-refractivity contribution is 1.70. The molecule has 0 aliphatic heterocycles. The van der Waals surface area contributed by atoms with Gasteiger partial charge in [-0.2, -0.15) is 0 Å². The molecule has 1 aromatic carbocycles. The molecule has 1 nitrogen and oxygen atoms in total. The van der Waals surface area contributed by atoms with Crippen LogP contribution in [0.2, 0.25) is 19.6 Å². The predicted molar refractivity (Wildman–Crippen MR) is 76.9 cm³/mol. The average Bonchev–Trinajstić information content (AvgIpc) is 2.61. The van der Waals surface area contributed by atoms with Crippen LogP contribution in [-0.4, -0.2) is 8.07 Å². The van der Waals surface area contributed by atoms with Crippen LogP contribution < -0.4 is 8.56 Å². The molecule has 0 bridgehead atoms. The first-order valence-corrected chi connectivity index (χ1v) is 10.3. The zero-order valence-corrected chi connectivity index (χ0v) is 12.2. The van der Waals surface area contributed by atoms with Gasteiger partial charge >= 0.3 is 0 Å². The van der Waals surface area contributed by atoms with E-state index in [2.05, 4.69) is 31.8 Å². The Balaban J connectivity index is 2.62. The summed E-state index contributed by atoms with van der Waals surface area (Å²) in [6.07, 6.45) is 0. The molecule has 84 valence electrons. The summed E-state index contributed by atoms with van der Waals surface area (Å²) in [6, 6.07) is 10.2. The molecule has 0 N–H and O–H groups in total. The third kappa shape index (κ3) is 2.34. The van der Waals surface area contributed by atoms with Gasteiger partial charge in [0.2, 0.25) is 0 Å². The molecule has 0 aliphatic rings. The molecule has 1 heterocycles. The first kappa shape index (κ1) is 11.8. The van der Waals surface area contributed by atoms with Gasteiger partial charge in [0.25, 0.3) is 4.06 Å².